The number of nitrogens with two attached hydrogens (primary N) is 1. The molecule has 0 aliphatic rings. The SMILES string of the molecule is CCC(C)N(CC)C(=O)c1cc(Br)ccc1N. The van der Waals surface area contributed by atoms with Gasteiger partial charge in [-0.05, 0) is 38.5 Å². The number of carbonyl (C=O) groups excluding carboxylic acids is 1. The summed E-state index contributed by atoms with van der Waals surface area (Å²) in [4.78, 5) is 14.2. The van der Waals surface area contributed by atoms with Gasteiger partial charge in [-0.3, -0.25) is 4.79 Å². The fourth-order valence-electron chi connectivity index (χ4n) is 1.74. The van der Waals surface area contributed by atoms with E-state index in [0.29, 0.717) is 17.8 Å². The zero-order valence-corrected chi connectivity index (χ0v) is 12.1. The predicted octanol–water partition coefficient (Wildman–Crippen LogP) is 3.29. The number of rotatable bonds is 4. The third-order valence-corrected chi connectivity index (χ3v) is 3.46. The van der Waals surface area contributed by atoms with Crippen LogP contribution in [-0.4, -0.2) is 23.4 Å². The van der Waals surface area contributed by atoms with Crippen LogP contribution in [0.1, 0.15) is 37.6 Å². The summed E-state index contributed by atoms with van der Waals surface area (Å²) >= 11 is 3.36. The molecule has 0 saturated heterocycles. The molecule has 1 aromatic rings. The first-order chi connectivity index (χ1) is 8.01. The molecule has 0 aromatic heterocycles. The second-order valence-electron chi connectivity index (χ2n) is 4.08. The minimum absolute atomic E-state index is 0.000602. The van der Waals surface area contributed by atoms with E-state index in [4.69, 9.17) is 5.73 Å². The summed E-state index contributed by atoms with van der Waals surface area (Å²) in [6.07, 6.45) is 0.938. The summed E-state index contributed by atoms with van der Waals surface area (Å²) < 4.78 is 0.871. The van der Waals surface area contributed by atoms with Gasteiger partial charge in [0.1, 0.15) is 0 Å². The molecule has 0 bridgehead atoms. The van der Waals surface area contributed by atoms with Crippen LogP contribution in [0.3, 0.4) is 0 Å². The molecule has 3 nitrogen and oxygen atoms in total. The van der Waals surface area contributed by atoms with Crippen LogP contribution in [-0.2, 0) is 0 Å². The number of benzene rings is 1. The Kier molecular flexibility index (Phi) is 5.00. The van der Waals surface area contributed by atoms with Crippen LogP contribution < -0.4 is 5.73 Å². The number of halogens is 1. The van der Waals surface area contributed by atoms with E-state index in [-0.39, 0.29) is 11.9 Å². The Bertz CT molecular complexity index is 406. The largest absolute Gasteiger partial charge is 0.398 e. The summed E-state index contributed by atoms with van der Waals surface area (Å²) in [5, 5.41) is 0. The number of nitrogen functional groups attached to an aromatic ring is 1. The Morgan fingerprint density at radius 2 is 2.12 bits per heavy atom. The second-order valence-corrected chi connectivity index (χ2v) is 5.00. The predicted molar refractivity (Wildman–Crippen MR) is 75.0 cm³/mol. The van der Waals surface area contributed by atoms with Crippen molar-refractivity contribution in [2.24, 2.45) is 0 Å². The highest BCUT2D eigenvalue weighted by Gasteiger charge is 2.20. The van der Waals surface area contributed by atoms with Gasteiger partial charge in [0.05, 0.1) is 5.56 Å². The van der Waals surface area contributed by atoms with E-state index in [1.54, 1.807) is 12.1 Å². The molecule has 94 valence electrons. The molecule has 0 radical (unpaired) electrons. The fourth-order valence-corrected chi connectivity index (χ4v) is 2.11. The molecule has 0 heterocycles. The van der Waals surface area contributed by atoms with E-state index in [1.807, 2.05) is 17.9 Å². The van der Waals surface area contributed by atoms with Gasteiger partial charge in [-0.25, -0.2) is 0 Å². The molecule has 0 spiro atoms. The lowest BCUT2D eigenvalue weighted by Gasteiger charge is -2.27. The second kappa shape index (κ2) is 6.05. The minimum Gasteiger partial charge on any atom is -0.398 e. The first-order valence-corrected chi connectivity index (χ1v) is 6.66. The zero-order chi connectivity index (χ0) is 13.0. The summed E-state index contributed by atoms with van der Waals surface area (Å²) in [7, 11) is 0. The molecule has 2 N–H and O–H groups in total. The third-order valence-electron chi connectivity index (χ3n) is 2.97. The fraction of sp³-hybridized carbons (Fsp3) is 0.462. The van der Waals surface area contributed by atoms with Crippen LogP contribution >= 0.6 is 15.9 Å². The number of amides is 1. The van der Waals surface area contributed by atoms with Gasteiger partial charge in [0.25, 0.3) is 5.91 Å². The number of carbonyl (C=O) groups is 1. The number of hydrogen-bond donors (Lipinski definition) is 1. The Morgan fingerprint density at radius 1 is 1.47 bits per heavy atom. The number of hydrogen-bond acceptors (Lipinski definition) is 2. The van der Waals surface area contributed by atoms with Crippen molar-refractivity contribution in [2.45, 2.75) is 33.2 Å². The van der Waals surface area contributed by atoms with Gasteiger partial charge >= 0.3 is 0 Å². The van der Waals surface area contributed by atoms with Gasteiger partial charge in [0, 0.05) is 22.7 Å². The topological polar surface area (TPSA) is 46.3 Å². The average Bonchev–Trinajstić information content (AvgIpc) is 2.32. The summed E-state index contributed by atoms with van der Waals surface area (Å²) in [6, 6.07) is 5.60. The molecular weight excluding hydrogens is 280 g/mol. The molecule has 0 aliphatic carbocycles. The summed E-state index contributed by atoms with van der Waals surface area (Å²) in [6.45, 7) is 6.80. The highest BCUT2D eigenvalue weighted by atomic mass is 79.9. The summed E-state index contributed by atoms with van der Waals surface area (Å²) in [5.74, 6) is 0.000602. The highest BCUT2D eigenvalue weighted by Crippen LogP contribution is 2.21. The van der Waals surface area contributed by atoms with E-state index in [9.17, 15) is 4.79 Å². The third kappa shape index (κ3) is 3.22. The van der Waals surface area contributed by atoms with Crippen molar-refractivity contribution in [1.82, 2.24) is 4.90 Å². The maximum absolute atomic E-state index is 12.4. The van der Waals surface area contributed by atoms with Crippen LogP contribution in [0.5, 0.6) is 0 Å². The molecule has 1 amide bonds. The molecule has 0 fully saturated rings. The van der Waals surface area contributed by atoms with Crippen molar-refractivity contribution >= 4 is 27.5 Å². The monoisotopic (exact) mass is 298 g/mol. The quantitative estimate of drug-likeness (QED) is 0.867. The first-order valence-electron chi connectivity index (χ1n) is 5.87. The van der Waals surface area contributed by atoms with Crippen molar-refractivity contribution in [3.8, 4) is 0 Å². The molecule has 1 unspecified atom stereocenters. The lowest BCUT2D eigenvalue weighted by molar-refractivity contribution is 0.0701. The van der Waals surface area contributed by atoms with E-state index < -0.39 is 0 Å². The average molecular weight is 299 g/mol. The maximum atomic E-state index is 12.4. The molecular formula is C13H19BrN2O. The van der Waals surface area contributed by atoms with Crippen molar-refractivity contribution < 1.29 is 4.79 Å². The van der Waals surface area contributed by atoms with Gasteiger partial charge in [0.2, 0.25) is 0 Å². The van der Waals surface area contributed by atoms with E-state index >= 15 is 0 Å². The van der Waals surface area contributed by atoms with E-state index in [0.717, 1.165) is 10.9 Å². The van der Waals surface area contributed by atoms with Gasteiger partial charge in [-0.1, -0.05) is 22.9 Å². The Morgan fingerprint density at radius 3 is 2.65 bits per heavy atom. The lowest BCUT2D eigenvalue weighted by Crippen LogP contribution is -2.38. The Hall–Kier alpha value is -1.03. The van der Waals surface area contributed by atoms with Gasteiger partial charge in [-0.2, -0.15) is 0 Å². The van der Waals surface area contributed by atoms with Crippen molar-refractivity contribution in [3.63, 3.8) is 0 Å². The minimum atomic E-state index is 0.000602. The number of nitrogens with zero attached hydrogens (tertiary/aromatic N) is 1. The van der Waals surface area contributed by atoms with Crippen LogP contribution in [0.15, 0.2) is 22.7 Å². The molecule has 1 rings (SSSR count). The van der Waals surface area contributed by atoms with Crippen molar-refractivity contribution in [2.75, 3.05) is 12.3 Å². The molecule has 17 heavy (non-hydrogen) atoms. The first kappa shape index (κ1) is 14.0. The van der Waals surface area contributed by atoms with Crippen molar-refractivity contribution in [1.29, 1.82) is 0 Å². The van der Waals surface area contributed by atoms with Crippen LogP contribution in [0.2, 0.25) is 0 Å². The van der Waals surface area contributed by atoms with Crippen LogP contribution in [0.25, 0.3) is 0 Å². The van der Waals surface area contributed by atoms with Gasteiger partial charge in [-0.15, -0.1) is 0 Å². The normalized spacial score (nSPS) is 12.2. The van der Waals surface area contributed by atoms with E-state index in [1.165, 1.54) is 0 Å². The smallest absolute Gasteiger partial charge is 0.256 e. The number of anilines is 1. The Labute approximate surface area is 111 Å². The highest BCUT2D eigenvalue weighted by molar-refractivity contribution is 9.10. The van der Waals surface area contributed by atoms with Gasteiger partial charge < -0.3 is 10.6 Å². The van der Waals surface area contributed by atoms with Crippen LogP contribution in [0, 0.1) is 0 Å². The molecule has 4 heteroatoms. The molecule has 1 atom stereocenters. The van der Waals surface area contributed by atoms with E-state index in [2.05, 4.69) is 29.8 Å². The molecule has 1 aromatic carbocycles. The Balaban J connectivity index is 3.05. The molecule has 0 saturated carbocycles. The van der Waals surface area contributed by atoms with Crippen molar-refractivity contribution in [3.05, 3.63) is 28.2 Å². The zero-order valence-electron chi connectivity index (χ0n) is 10.5. The van der Waals surface area contributed by atoms with Crippen LogP contribution in [0.4, 0.5) is 5.69 Å². The van der Waals surface area contributed by atoms with Gasteiger partial charge in [0.15, 0.2) is 0 Å². The molecule has 0 aliphatic heterocycles. The standard InChI is InChI=1S/C13H19BrN2O/c1-4-9(3)16(5-2)13(17)11-8-10(14)6-7-12(11)15/h6-9H,4-5,15H2,1-3H3. The lowest BCUT2D eigenvalue weighted by atomic mass is 10.1. The summed E-state index contributed by atoms with van der Waals surface area (Å²) in [5.41, 5.74) is 6.95. The maximum Gasteiger partial charge on any atom is 0.256 e.